The highest BCUT2D eigenvalue weighted by atomic mass is 32.1. The molecule has 24 heavy (non-hydrogen) atoms. The van der Waals surface area contributed by atoms with Crippen molar-refractivity contribution in [1.29, 1.82) is 0 Å². The van der Waals surface area contributed by atoms with Gasteiger partial charge in [-0.2, -0.15) is 0 Å². The van der Waals surface area contributed by atoms with E-state index in [0.29, 0.717) is 30.7 Å². The van der Waals surface area contributed by atoms with Crippen molar-refractivity contribution >= 4 is 27.3 Å². The van der Waals surface area contributed by atoms with Crippen molar-refractivity contribution in [3.05, 3.63) is 33.4 Å². The summed E-state index contributed by atoms with van der Waals surface area (Å²) in [5, 5.41) is 0. The topological polar surface area (TPSA) is 42.3 Å². The third-order valence-corrected chi connectivity index (χ3v) is 6.49. The van der Waals surface area contributed by atoms with Gasteiger partial charge in [-0.1, -0.05) is 30.7 Å². The van der Waals surface area contributed by atoms with E-state index in [0.717, 1.165) is 49.0 Å². The molecule has 2 unspecified atom stereocenters. The SMILES string of the molecule is CCCc1ccc2c(c1)sc(=O)n2CCN1C2CCC1CC(=O)C2. The minimum Gasteiger partial charge on any atom is -0.300 e. The normalized spacial score (nSPS) is 24.1. The fraction of sp³-hybridized carbons (Fsp3) is 0.579. The van der Waals surface area contributed by atoms with E-state index >= 15 is 0 Å². The van der Waals surface area contributed by atoms with E-state index < -0.39 is 0 Å². The van der Waals surface area contributed by atoms with Crippen molar-refractivity contribution in [2.75, 3.05) is 6.54 Å². The van der Waals surface area contributed by atoms with E-state index in [1.54, 1.807) is 0 Å². The summed E-state index contributed by atoms with van der Waals surface area (Å²) >= 11 is 1.36. The number of carbonyl (C=O) groups excluding carboxylic acids is 1. The van der Waals surface area contributed by atoms with Gasteiger partial charge in [0.2, 0.25) is 0 Å². The lowest BCUT2D eigenvalue weighted by atomic mass is 10.0. The Balaban J connectivity index is 1.54. The Labute approximate surface area is 146 Å². The van der Waals surface area contributed by atoms with Crippen LogP contribution in [0.4, 0.5) is 0 Å². The summed E-state index contributed by atoms with van der Waals surface area (Å²) in [6.45, 7) is 3.79. The number of benzene rings is 1. The molecule has 2 aliphatic heterocycles. The van der Waals surface area contributed by atoms with Crippen LogP contribution in [0.2, 0.25) is 0 Å². The van der Waals surface area contributed by atoms with Crippen LogP contribution in [0.3, 0.4) is 0 Å². The average molecular weight is 344 g/mol. The van der Waals surface area contributed by atoms with Crippen molar-refractivity contribution in [3.8, 4) is 0 Å². The smallest absolute Gasteiger partial charge is 0.300 e. The van der Waals surface area contributed by atoms with E-state index in [-0.39, 0.29) is 4.87 Å². The average Bonchev–Trinajstić information content (AvgIpc) is 2.98. The first-order chi connectivity index (χ1) is 11.7. The zero-order chi connectivity index (χ0) is 16.7. The quantitative estimate of drug-likeness (QED) is 0.836. The van der Waals surface area contributed by atoms with Crippen LogP contribution in [0, 0.1) is 0 Å². The number of carbonyl (C=O) groups is 1. The maximum absolute atomic E-state index is 12.4. The second-order valence-electron chi connectivity index (χ2n) is 7.14. The van der Waals surface area contributed by atoms with Crippen LogP contribution in [-0.2, 0) is 17.8 Å². The predicted molar refractivity (Wildman–Crippen MR) is 97.8 cm³/mol. The first-order valence-corrected chi connectivity index (χ1v) is 9.87. The summed E-state index contributed by atoms with van der Waals surface area (Å²) in [4.78, 5) is 26.8. The van der Waals surface area contributed by atoms with Gasteiger partial charge >= 0.3 is 4.87 Å². The number of aryl methyl sites for hydroxylation is 1. The fourth-order valence-corrected chi connectivity index (χ4v) is 5.39. The van der Waals surface area contributed by atoms with Gasteiger partial charge in [0.15, 0.2) is 0 Å². The summed E-state index contributed by atoms with van der Waals surface area (Å²) in [5.41, 5.74) is 2.37. The second-order valence-corrected chi connectivity index (χ2v) is 8.13. The lowest BCUT2D eigenvalue weighted by Crippen LogP contribution is -2.44. The van der Waals surface area contributed by atoms with Crippen LogP contribution in [0.5, 0.6) is 0 Å². The van der Waals surface area contributed by atoms with Gasteiger partial charge in [-0.25, -0.2) is 0 Å². The summed E-state index contributed by atoms with van der Waals surface area (Å²) in [5.74, 6) is 0.417. The van der Waals surface area contributed by atoms with Gasteiger partial charge in [0.25, 0.3) is 0 Å². The van der Waals surface area contributed by atoms with Crippen molar-refractivity contribution in [2.24, 2.45) is 0 Å². The number of fused-ring (bicyclic) bond motifs is 3. The molecule has 0 amide bonds. The largest absolute Gasteiger partial charge is 0.308 e. The standard InChI is InChI=1S/C19H24N2O2S/c1-2-3-13-4-7-17-18(10-13)24-19(23)21(17)9-8-20-14-5-6-15(20)12-16(22)11-14/h4,7,10,14-15H,2-3,5-6,8-9,11-12H2,1H3. The Kier molecular flexibility index (Phi) is 4.31. The molecule has 0 N–H and O–H groups in total. The number of piperidine rings is 1. The van der Waals surface area contributed by atoms with Gasteiger partial charge in [-0.3, -0.25) is 19.1 Å². The number of Topliss-reactive ketones (excluding diaryl/α,β-unsaturated/α-hetero) is 1. The third-order valence-electron chi connectivity index (χ3n) is 5.55. The molecule has 1 aromatic heterocycles. The molecule has 1 aromatic carbocycles. The Morgan fingerprint density at radius 1 is 1.12 bits per heavy atom. The Bertz CT molecular complexity index is 806. The summed E-state index contributed by atoms with van der Waals surface area (Å²) < 4.78 is 3.02. The highest BCUT2D eigenvalue weighted by Gasteiger charge is 2.39. The molecule has 0 aliphatic carbocycles. The van der Waals surface area contributed by atoms with Gasteiger partial charge in [-0.05, 0) is 37.0 Å². The van der Waals surface area contributed by atoms with Crippen LogP contribution >= 0.6 is 11.3 Å². The highest BCUT2D eigenvalue weighted by Crippen LogP contribution is 2.33. The van der Waals surface area contributed by atoms with E-state index in [2.05, 4.69) is 30.0 Å². The molecule has 0 radical (unpaired) electrons. The van der Waals surface area contributed by atoms with Crippen molar-refractivity contribution in [1.82, 2.24) is 9.47 Å². The highest BCUT2D eigenvalue weighted by molar-refractivity contribution is 7.16. The lowest BCUT2D eigenvalue weighted by Gasteiger charge is -2.33. The number of thiazole rings is 1. The number of nitrogens with zero attached hydrogens (tertiary/aromatic N) is 2. The molecule has 2 fully saturated rings. The first-order valence-electron chi connectivity index (χ1n) is 9.05. The first kappa shape index (κ1) is 16.0. The molecular formula is C19H24N2O2S. The van der Waals surface area contributed by atoms with Gasteiger partial charge in [0, 0.05) is 38.0 Å². The molecule has 2 saturated heterocycles. The summed E-state index contributed by atoms with van der Waals surface area (Å²) in [6.07, 6.45) is 5.86. The number of aromatic nitrogens is 1. The molecular weight excluding hydrogens is 320 g/mol. The monoisotopic (exact) mass is 344 g/mol. The molecule has 5 heteroatoms. The molecule has 0 saturated carbocycles. The molecule has 2 aliphatic rings. The summed E-state index contributed by atoms with van der Waals surface area (Å²) in [7, 11) is 0. The number of hydrogen-bond donors (Lipinski definition) is 0. The fourth-order valence-electron chi connectivity index (χ4n) is 4.41. The minimum atomic E-state index is 0.138. The van der Waals surface area contributed by atoms with Crippen LogP contribution in [0.1, 0.15) is 44.6 Å². The molecule has 2 aromatic rings. The van der Waals surface area contributed by atoms with Gasteiger partial charge in [0.1, 0.15) is 5.78 Å². The summed E-state index contributed by atoms with van der Waals surface area (Å²) in [6, 6.07) is 7.25. The third kappa shape index (κ3) is 2.84. The second kappa shape index (κ2) is 6.45. The Morgan fingerprint density at radius 3 is 2.58 bits per heavy atom. The molecule has 2 atom stereocenters. The van der Waals surface area contributed by atoms with E-state index in [4.69, 9.17) is 0 Å². The van der Waals surface area contributed by atoms with E-state index in [1.807, 2.05) is 4.57 Å². The van der Waals surface area contributed by atoms with Crippen LogP contribution in [0.15, 0.2) is 23.0 Å². The molecule has 3 heterocycles. The zero-order valence-corrected chi connectivity index (χ0v) is 15.0. The number of ketones is 1. The molecule has 0 spiro atoms. The molecule has 128 valence electrons. The van der Waals surface area contributed by atoms with Gasteiger partial charge in [-0.15, -0.1) is 0 Å². The van der Waals surface area contributed by atoms with Crippen LogP contribution in [-0.4, -0.2) is 33.9 Å². The van der Waals surface area contributed by atoms with Crippen molar-refractivity contribution < 1.29 is 4.79 Å². The van der Waals surface area contributed by atoms with Gasteiger partial charge < -0.3 is 0 Å². The van der Waals surface area contributed by atoms with E-state index in [1.165, 1.54) is 16.9 Å². The maximum Gasteiger partial charge on any atom is 0.308 e. The molecule has 4 rings (SSSR count). The number of rotatable bonds is 5. The van der Waals surface area contributed by atoms with E-state index in [9.17, 15) is 9.59 Å². The maximum atomic E-state index is 12.4. The lowest BCUT2D eigenvalue weighted by molar-refractivity contribution is -0.123. The van der Waals surface area contributed by atoms with Gasteiger partial charge in [0.05, 0.1) is 10.2 Å². The number of hydrogen-bond acceptors (Lipinski definition) is 4. The minimum absolute atomic E-state index is 0.138. The van der Waals surface area contributed by atoms with Crippen LogP contribution < -0.4 is 4.87 Å². The van der Waals surface area contributed by atoms with Crippen molar-refractivity contribution in [3.63, 3.8) is 0 Å². The predicted octanol–water partition coefficient (Wildman–Crippen LogP) is 3.21. The Morgan fingerprint density at radius 2 is 1.88 bits per heavy atom. The zero-order valence-electron chi connectivity index (χ0n) is 14.2. The van der Waals surface area contributed by atoms with Crippen LogP contribution in [0.25, 0.3) is 10.2 Å². The molecule has 2 bridgehead atoms. The van der Waals surface area contributed by atoms with Crippen molar-refractivity contribution in [2.45, 2.75) is 64.1 Å². The Hall–Kier alpha value is -1.46. The molecule has 4 nitrogen and oxygen atoms in total.